The minimum absolute atomic E-state index is 0.262. The van der Waals surface area contributed by atoms with E-state index in [9.17, 15) is 14.9 Å². The fraction of sp³-hybridized carbons (Fsp3) is 0.188. The second-order valence-corrected chi connectivity index (χ2v) is 6.56. The molecule has 0 spiro atoms. The van der Waals surface area contributed by atoms with Crippen LogP contribution in [0.1, 0.15) is 21.7 Å². The number of hydrogen-bond donors (Lipinski definition) is 1. The predicted octanol–water partition coefficient (Wildman–Crippen LogP) is 3.44. The summed E-state index contributed by atoms with van der Waals surface area (Å²) in [7, 11) is 1.53. The third-order valence-corrected chi connectivity index (χ3v) is 4.68. The van der Waals surface area contributed by atoms with Crippen LogP contribution in [0.2, 0.25) is 10.0 Å². The maximum atomic E-state index is 12.4. The Morgan fingerprint density at radius 1 is 1.33 bits per heavy atom. The summed E-state index contributed by atoms with van der Waals surface area (Å²) in [6.07, 6.45) is 2.99. The Morgan fingerprint density at radius 2 is 2.00 bits per heavy atom. The van der Waals surface area contributed by atoms with Crippen LogP contribution in [0.5, 0.6) is 0 Å². The van der Waals surface area contributed by atoms with E-state index in [0.717, 1.165) is 0 Å². The van der Waals surface area contributed by atoms with Gasteiger partial charge in [-0.05, 0) is 19.1 Å². The van der Waals surface area contributed by atoms with E-state index in [1.165, 1.54) is 24.9 Å². The highest BCUT2D eigenvalue weighted by molar-refractivity contribution is 6.35. The molecule has 0 bridgehead atoms. The number of aryl methyl sites for hydroxylation is 1. The molecular formula is C16H14Cl2N6O3. The van der Waals surface area contributed by atoms with Gasteiger partial charge in [0.15, 0.2) is 0 Å². The number of nitrogens with zero attached hydrogens (tertiary/aromatic N) is 5. The quantitative estimate of drug-likeness (QED) is 0.513. The van der Waals surface area contributed by atoms with Crippen molar-refractivity contribution in [2.24, 2.45) is 7.05 Å². The van der Waals surface area contributed by atoms with Gasteiger partial charge >= 0.3 is 5.69 Å². The number of nitro groups is 1. The van der Waals surface area contributed by atoms with Crippen LogP contribution in [0.3, 0.4) is 0 Å². The first kappa shape index (κ1) is 18.9. The smallest absolute Gasteiger partial charge is 0.318 e. The number of hydrogen-bond acceptors (Lipinski definition) is 5. The molecule has 27 heavy (non-hydrogen) atoms. The highest BCUT2D eigenvalue weighted by Crippen LogP contribution is 2.26. The van der Waals surface area contributed by atoms with E-state index in [1.54, 1.807) is 29.1 Å². The third kappa shape index (κ3) is 3.79. The molecule has 11 heteroatoms. The van der Waals surface area contributed by atoms with Crippen LogP contribution >= 0.6 is 23.2 Å². The predicted molar refractivity (Wildman–Crippen MR) is 100 cm³/mol. The summed E-state index contributed by atoms with van der Waals surface area (Å²) in [6.45, 7) is 1.82. The molecule has 0 unspecified atom stereocenters. The molecule has 1 N–H and O–H groups in total. The second-order valence-electron chi connectivity index (χ2n) is 5.74. The number of aromatic nitrogens is 4. The van der Waals surface area contributed by atoms with E-state index in [-0.39, 0.29) is 17.1 Å². The summed E-state index contributed by atoms with van der Waals surface area (Å²) < 4.78 is 2.83. The van der Waals surface area contributed by atoms with Crippen LogP contribution in [0, 0.1) is 17.0 Å². The van der Waals surface area contributed by atoms with E-state index in [0.29, 0.717) is 27.8 Å². The Bertz CT molecular complexity index is 1020. The molecule has 3 aromatic rings. The SMILES string of the molecule is Cc1c([N+](=O)[O-])c(C(=O)Nc2cnn(Cc3c(Cl)cccc3Cl)c2)nn1C. The van der Waals surface area contributed by atoms with E-state index >= 15 is 0 Å². The molecule has 140 valence electrons. The summed E-state index contributed by atoms with van der Waals surface area (Å²) in [4.78, 5) is 23.0. The number of carbonyl (C=O) groups is 1. The topological polar surface area (TPSA) is 108 Å². The van der Waals surface area contributed by atoms with Crippen LogP contribution < -0.4 is 5.32 Å². The molecule has 0 atom stereocenters. The van der Waals surface area contributed by atoms with Gasteiger partial charge in [0.1, 0.15) is 5.69 Å². The standard InChI is InChI=1S/C16H14Cl2N6O3/c1-9-15(24(26)27)14(21-22(9)2)16(25)20-10-6-19-23(7-10)8-11-12(17)4-3-5-13(11)18/h3-7H,8H2,1-2H3,(H,20,25). The molecule has 0 aliphatic heterocycles. The summed E-state index contributed by atoms with van der Waals surface area (Å²) >= 11 is 12.3. The normalized spacial score (nSPS) is 10.8. The molecule has 9 nitrogen and oxygen atoms in total. The summed E-state index contributed by atoms with van der Waals surface area (Å²) in [5, 5.41) is 22.9. The number of benzene rings is 1. The Morgan fingerprint density at radius 3 is 2.63 bits per heavy atom. The van der Waals surface area contributed by atoms with Crippen molar-refractivity contribution in [3.05, 3.63) is 67.7 Å². The third-order valence-electron chi connectivity index (χ3n) is 3.97. The minimum atomic E-state index is -0.694. The van der Waals surface area contributed by atoms with Crippen molar-refractivity contribution in [2.75, 3.05) is 5.32 Å². The first-order chi connectivity index (χ1) is 12.8. The van der Waals surface area contributed by atoms with Crippen molar-refractivity contribution in [1.82, 2.24) is 19.6 Å². The molecule has 0 saturated carbocycles. The van der Waals surface area contributed by atoms with Gasteiger partial charge in [-0.3, -0.25) is 24.3 Å². The Kier molecular flexibility index (Phi) is 5.15. The van der Waals surface area contributed by atoms with Gasteiger partial charge in [-0.25, -0.2) is 0 Å². The number of rotatable bonds is 5. The number of halogens is 2. The monoisotopic (exact) mass is 408 g/mol. The maximum absolute atomic E-state index is 12.4. The number of anilines is 1. The first-order valence-corrected chi connectivity index (χ1v) is 8.48. The van der Waals surface area contributed by atoms with Gasteiger partial charge in [-0.2, -0.15) is 10.2 Å². The Balaban J connectivity index is 1.80. The van der Waals surface area contributed by atoms with Gasteiger partial charge in [0, 0.05) is 28.9 Å². The Hall–Kier alpha value is -2.91. The zero-order valence-electron chi connectivity index (χ0n) is 14.3. The molecule has 0 saturated heterocycles. The van der Waals surface area contributed by atoms with Crippen LogP contribution in [0.4, 0.5) is 11.4 Å². The Labute approximate surface area is 163 Å². The lowest BCUT2D eigenvalue weighted by Crippen LogP contribution is -2.14. The zero-order chi connectivity index (χ0) is 19.7. The molecule has 0 radical (unpaired) electrons. The van der Waals surface area contributed by atoms with E-state index in [2.05, 4.69) is 15.5 Å². The number of amides is 1. The van der Waals surface area contributed by atoms with Gasteiger partial charge in [-0.1, -0.05) is 29.3 Å². The molecule has 1 aromatic carbocycles. The molecule has 0 aliphatic carbocycles. The van der Waals surface area contributed by atoms with Crippen LogP contribution in [-0.2, 0) is 13.6 Å². The van der Waals surface area contributed by atoms with Crippen LogP contribution in [-0.4, -0.2) is 30.4 Å². The molecular weight excluding hydrogens is 395 g/mol. The van der Waals surface area contributed by atoms with Crippen molar-refractivity contribution >= 4 is 40.5 Å². The van der Waals surface area contributed by atoms with Crippen molar-refractivity contribution in [2.45, 2.75) is 13.5 Å². The fourth-order valence-electron chi connectivity index (χ4n) is 2.52. The van der Waals surface area contributed by atoms with Crippen LogP contribution in [0.25, 0.3) is 0 Å². The highest BCUT2D eigenvalue weighted by Gasteiger charge is 2.29. The second kappa shape index (κ2) is 7.37. The van der Waals surface area contributed by atoms with E-state index in [4.69, 9.17) is 23.2 Å². The van der Waals surface area contributed by atoms with Gasteiger partial charge in [0.2, 0.25) is 5.69 Å². The summed E-state index contributed by atoms with van der Waals surface area (Å²) in [5.74, 6) is -0.694. The first-order valence-electron chi connectivity index (χ1n) is 7.72. The lowest BCUT2D eigenvalue weighted by Gasteiger charge is -2.06. The number of nitrogens with one attached hydrogen (secondary N) is 1. The molecule has 2 aromatic heterocycles. The molecule has 1 amide bonds. The van der Waals surface area contributed by atoms with Crippen molar-refractivity contribution in [3.63, 3.8) is 0 Å². The molecule has 3 rings (SSSR count). The lowest BCUT2D eigenvalue weighted by molar-refractivity contribution is -0.385. The van der Waals surface area contributed by atoms with Crippen molar-refractivity contribution < 1.29 is 9.72 Å². The molecule has 2 heterocycles. The largest absolute Gasteiger partial charge is 0.322 e. The minimum Gasteiger partial charge on any atom is -0.318 e. The summed E-state index contributed by atoms with van der Waals surface area (Å²) in [5.41, 5.74) is 0.750. The zero-order valence-corrected chi connectivity index (χ0v) is 15.8. The van der Waals surface area contributed by atoms with E-state index < -0.39 is 10.8 Å². The van der Waals surface area contributed by atoms with Crippen LogP contribution in [0.15, 0.2) is 30.6 Å². The fourth-order valence-corrected chi connectivity index (χ4v) is 3.04. The van der Waals surface area contributed by atoms with Crippen molar-refractivity contribution in [3.8, 4) is 0 Å². The highest BCUT2D eigenvalue weighted by atomic mass is 35.5. The number of carbonyl (C=O) groups excluding carboxylic acids is 1. The molecule has 0 fully saturated rings. The molecule has 0 aliphatic rings. The average molecular weight is 409 g/mol. The van der Waals surface area contributed by atoms with Gasteiger partial charge in [-0.15, -0.1) is 0 Å². The average Bonchev–Trinajstić information content (AvgIpc) is 3.16. The maximum Gasteiger partial charge on any atom is 0.322 e. The lowest BCUT2D eigenvalue weighted by atomic mass is 10.2. The van der Waals surface area contributed by atoms with Gasteiger partial charge in [0.25, 0.3) is 5.91 Å². The summed E-state index contributed by atoms with van der Waals surface area (Å²) in [6, 6.07) is 5.18. The van der Waals surface area contributed by atoms with Crippen molar-refractivity contribution in [1.29, 1.82) is 0 Å². The van der Waals surface area contributed by atoms with Gasteiger partial charge in [0.05, 0.1) is 23.4 Å². The van der Waals surface area contributed by atoms with E-state index in [1.807, 2.05) is 0 Å². The van der Waals surface area contributed by atoms with Gasteiger partial charge < -0.3 is 5.32 Å².